The summed E-state index contributed by atoms with van der Waals surface area (Å²) in [5.74, 6) is -1.82. The molecule has 9 nitrogen and oxygen atoms in total. The summed E-state index contributed by atoms with van der Waals surface area (Å²) in [7, 11) is 0. The number of carboxylic acid groups (broad SMARTS) is 1. The number of aliphatic carboxylic acids is 1. The third kappa shape index (κ3) is 3.71. The summed E-state index contributed by atoms with van der Waals surface area (Å²) in [6.45, 7) is -0.233. The molecule has 0 saturated heterocycles. The molecular formula is C9H14N4O5. The molecule has 1 rings (SSSR count). The number of hydrogen-bond donors (Lipinski definition) is 5. The molecule has 0 aromatic carbocycles. The van der Waals surface area contributed by atoms with Crippen molar-refractivity contribution < 1.29 is 19.2 Å². The lowest BCUT2D eigenvalue weighted by Crippen LogP contribution is -2.48. The molecule has 0 aliphatic rings. The van der Waals surface area contributed by atoms with Gasteiger partial charge in [-0.05, 0) is 0 Å². The fraction of sp³-hybridized carbons (Fsp3) is 0.444. The van der Waals surface area contributed by atoms with Gasteiger partial charge in [0, 0.05) is 19.2 Å². The molecule has 1 aromatic heterocycles. The Morgan fingerprint density at radius 2 is 2.11 bits per heavy atom. The molecule has 9 heteroatoms. The molecule has 1 amide bonds. The van der Waals surface area contributed by atoms with Crippen LogP contribution in [0.15, 0.2) is 15.5 Å². The highest BCUT2D eigenvalue weighted by molar-refractivity contribution is 5.82. The Morgan fingerprint density at radius 1 is 1.44 bits per heavy atom. The number of rotatable bonds is 6. The highest BCUT2D eigenvalue weighted by Crippen LogP contribution is 1.95. The molecule has 0 saturated carbocycles. The van der Waals surface area contributed by atoms with Crippen molar-refractivity contribution in [3.8, 4) is 0 Å². The second kappa shape index (κ2) is 5.98. The first-order valence-electron chi connectivity index (χ1n) is 5.09. The predicted molar refractivity (Wildman–Crippen MR) is 59.6 cm³/mol. The standard InChI is InChI=1S/C9H14N4O5/c10-5(1-4-2-13-18-9(4)17)7(14)12-3-6(11)8(15)16/h2,5-6,13H,1,3,10-11H2,(H,12,14)(H,15,16)/t5-,6+/m0/s1. The van der Waals surface area contributed by atoms with E-state index < -0.39 is 29.6 Å². The van der Waals surface area contributed by atoms with E-state index in [9.17, 15) is 14.4 Å². The monoisotopic (exact) mass is 258 g/mol. The van der Waals surface area contributed by atoms with Crippen LogP contribution >= 0.6 is 0 Å². The van der Waals surface area contributed by atoms with Crippen LogP contribution in [-0.4, -0.2) is 40.8 Å². The fourth-order valence-electron chi connectivity index (χ4n) is 1.18. The van der Waals surface area contributed by atoms with Crippen molar-refractivity contribution in [2.45, 2.75) is 18.5 Å². The molecule has 2 atom stereocenters. The van der Waals surface area contributed by atoms with Crippen LogP contribution in [0.4, 0.5) is 0 Å². The average molecular weight is 258 g/mol. The third-order valence-electron chi connectivity index (χ3n) is 2.24. The van der Waals surface area contributed by atoms with E-state index in [1.54, 1.807) is 0 Å². The van der Waals surface area contributed by atoms with Crippen LogP contribution in [0, 0.1) is 0 Å². The topological polar surface area (TPSA) is 164 Å². The second-order valence-electron chi connectivity index (χ2n) is 3.68. The number of aromatic nitrogens is 1. The van der Waals surface area contributed by atoms with Crippen LogP contribution in [0.25, 0.3) is 0 Å². The van der Waals surface area contributed by atoms with E-state index in [0.29, 0.717) is 0 Å². The van der Waals surface area contributed by atoms with Gasteiger partial charge < -0.3 is 26.4 Å². The molecular weight excluding hydrogens is 244 g/mol. The van der Waals surface area contributed by atoms with Crippen molar-refractivity contribution in [3.63, 3.8) is 0 Å². The molecule has 0 radical (unpaired) electrons. The normalized spacial score (nSPS) is 13.9. The first-order chi connectivity index (χ1) is 8.41. The van der Waals surface area contributed by atoms with Gasteiger partial charge in [0.1, 0.15) is 6.04 Å². The molecule has 0 unspecified atom stereocenters. The van der Waals surface area contributed by atoms with Crippen molar-refractivity contribution in [3.05, 3.63) is 22.2 Å². The summed E-state index contributed by atoms with van der Waals surface area (Å²) < 4.78 is 4.41. The third-order valence-corrected chi connectivity index (χ3v) is 2.24. The quantitative estimate of drug-likeness (QED) is 0.372. The summed E-state index contributed by atoms with van der Waals surface area (Å²) in [6.07, 6.45) is 1.29. The Hall–Kier alpha value is -2.13. The zero-order chi connectivity index (χ0) is 13.7. The first kappa shape index (κ1) is 13.9. The van der Waals surface area contributed by atoms with Gasteiger partial charge in [-0.3, -0.25) is 9.59 Å². The SMILES string of the molecule is N[C@H](CNC(=O)[C@@H](N)Cc1c[nH]oc1=O)C(=O)O. The van der Waals surface area contributed by atoms with Gasteiger partial charge in [-0.15, -0.1) is 0 Å². The fourth-order valence-corrected chi connectivity index (χ4v) is 1.18. The van der Waals surface area contributed by atoms with Gasteiger partial charge in [-0.1, -0.05) is 0 Å². The molecule has 18 heavy (non-hydrogen) atoms. The Balaban J connectivity index is 2.45. The van der Waals surface area contributed by atoms with E-state index in [0.717, 1.165) is 0 Å². The molecule has 100 valence electrons. The first-order valence-corrected chi connectivity index (χ1v) is 5.09. The minimum atomic E-state index is -1.23. The van der Waals surface area contributed by atoms with Crippen LogP contribution in [0.2, 0.25) is 0 Å². The molecule has 0 fully saturated rings. The summed E-state index contributed by atoms with van der Waals surface area (Å²) in [5.41, 5.74) is 10.4. The number of carbonyl (C=O) groups excluding carboxylic acids is 1. The minimum Gasteiger partial charge on any atom is -0.480 e. The number of nitrogens with two attached hydrogens (primary N) is 2. The van der Waals surface area contributed by atoms with E-state index in [1.165, 1.54) is 6.20 Å². The van der Waals surface area contributed by atoms with Crippen molar-refractivity contribution in [2.75, 3.05) is 6.54 Å². The largest absolute Gasteiger partial charge is 0.480 e. The van der Waals surface area contributed by atoms with Crippen LogP contribution in [-0.2, 0) is 16.0 Å². The highest BCUT2D eigenvalue weighted by Gasteiger charge is 2.19. The Bertz CT molecular complexity index is 479. The second-order valence-corrected chi connectivity index (χ2v) is 3.68. The van der Waals surface area contributed by atoms with Gasteiger partial charge >= 0.3 is 11.6 Å². The number of aromatic amines is 1. The molecule has 0 aliphatic carbocycles. The lowest BCUT2D eigenvalue weighted by Gasteiger charge is -2.12. The lowest BCUT2D eigenvalue weighted by molar-refractivity contribution is -0.138. The molecule has 0 aliphatic heterocycles. The van der Waals surface area contributed by atoms with E-state index in [4.69, 9.17) is 16.6 Å². The zero-order valence-electron chi connectivity index (χ0n) is 9.38. The van der Waals surface area contributed by atoms with Crippen molar-refractivity contribution in [1.82, 2.24) is 10.5 Å². The van der Waals surface area contributed by atoms with E-state index >= 15 is 0 Å². The van der Waals surface area contributed by atoms with Gasteiger partial charge in [-0.25, -0.2) is 9.95 Å². The van der Waals surface area contributed by atoms with Crippen LogP contribution < -0.4 is 22.4 Å². The molecule has 1 heterocycles. The van der Waals surface area contributed by atoms with Crippen LogP contribution in [0.1, 0.15) is 5.56 Å². The van der Waals surface area contributed by atoms with Crippen molar-refractivity contribution in [2.24, 2.45) is 11.5 Å². The summed E-state index contributed by atoms with van der Waals surface area (Å²) in [6, 6.07) is -2.18. The number of amides is 1. The highest BCUT2D eigenvalue weighted by atomic mass is 16.5. The Morgan fingerprint density at radius 3 is 2.61 bits per heavy atom. The minimum absolute atomic E-state index is 0.0139. The van der Waals surface area contributed by atoms with E-state index in [2.05, 4.69) is 15.0 Å². The maximum atomic E-state index is 11.5. The van der Waals surface area contributed by atoms with Crippen LogP contribution in [0.3, 0.4) is 0 Å². The zero-order valence-corrected chi connectivity index (χ0v) is 9.38. The summed E-state index contributed by atoms with van der Waals surface area (Å²) >= 11 is 0. The number of hydrogen-bond acceptors (Lipinski definition) is 6. The van der Waals surface area contributed by atoms with Gasteiger partial charge in [0.2, 0.25) is 5.91 Å². The molecule has 1 aromatic rings. The van der Waals surface area contributed by atoms with Gasteiger partial charge in [0.25, 0.3) is 0 Å². The van der Waals surface area contributed by atoms with Crippen molar-refractivity contribution >= 4 is 11.9 Å². The molecule has 7 N–H and O–H groups in total. The predicted octanol–water partition coefficient (Wildman–Crippen LogP) is -2.63. The Kier molecular flexibility index (Phi) is 4.63. The summed E-state index contributed by atoms with van der Waals surface area (Å²) in [5, 5.41) is 13.0. The van der Waals surface area contributed by atoms with E-state index in [1.807, 2.05) is 0 Å². The number of carbonyl (C=O) groups is 2. The van der Waals surface area contributed by atoms with Crippen molar-refractivity contribution in [1.29, 1.82) is 0 Å². The number of H-pyrrole nitrogens is 1. The number of carboxylic acids is 1. The van der Waals surface area contributed by atoms with Gasteiger partial charge in [-0.2, -0.15) is 0 Å². The number of nitrogens with one attached hydrogen (secondary N) is 2. The maximum Gasteiger partial charge on any atom is 0.360 e. The summed E-state index contributed by atoms with van der Waals surface area (Å²) in [4.78, 5) is 32.9. The molecule has 0 spiro atoms. The van der Waals surface area contributed by atoms with Gasteiger partial charge in [0.05, 0.1) is 11.6 Å². The Labute approximate surface area is 101 Å². The average Bonchev–Trinajstić information content (AvgIpc) is 2.71. The maximum absolute atomic E-state index is 11.5. The smallest absolute Gasteiger partial charge is 0.360 e. The lowest BCUT2D eigenvalue weighted by atomic mass is 10.1. The van der Waals surface area contributed by atoms with Gasteiger partial charge in [0.15, 0.2) is 0 Å². The molecule has 0 bridgehead atoms. The van der Waals surface area contributed by atoms with Crippen LogP contribution in [0.5, 0.6) is 0 Å². The van der Waals surface area contributed by atoms with E-state index in [-0.39, 0.29) is 18.5 Å².